The number of rotatable bonds is 5. The molecule has 1 aromatic carbocycles. The number of methoxy groups -OCH3 is 1. The molecule has 0 atom stereocenters. The number of amidine groups is 1. The lowest BCUT2D eigenvalue weighted by Gasteiger charge is -2.05. The number of hydrogen-bond acceptors (Lipinski definition) is 2. The fourth-order valence-electron chi connectivity index (χ4n) is 1.28. The lowest BCUT2D eigenvalue weighted by atomic mass is 10.1. The summed E-state index contributed by atoms with van der Waals surface area (Å²) in [5, 5.41) is 0. The third-order valence-electron chi connectivity index (χ3n) is 2.19. The number of para-hydroxylation sites is 1. The summed E-state index contributed by atoms with van der Waals surface area (Å²) in [5.41, 5.74) is 7.85. The minimum absolute atomic E-state index is 0.667. The van der Waals surface area contributed by atoms with E-state index in [4.69, 9.17) is 10.5 Å². The van der Waals surface area contributed by atoms with Crippen LogP contribution in [0.2, 0.25) is 0 Å². The summed E-state index contributed by atoms with van der Waals surface area (Å²) in [7, 11) is 1.70. The van der Waals surface area contributed by atoms with Crippen LogP contribution in [0.3, 0.4) is 0 Å². The van der Waals surface area contributed by atoms with E-state index in [2.05, 4.69) is 11.1 Å². The summed E-state index contributed by atoms with van der Waals surface area (Å²) < 4.78 is 5.05. The zero-order valence-electron chi connectivity index (χ0n) is 9.36. The number of benzene rings is 1. The van der Waals surface area contributed by atoms with Crippen LogP contribution in [0.5, 0.6) is 0 Å². The predicted molar refractivity (Wildman–Crippen MR) is 63.6 cm³/mol. The van der Waals surface area contributed by atoms with Gasteiger partial charge in [-0.15, -0.1) is 0 Å². The minimum atomic E-state index is 0.667. The number of nitrogens with two attached hydrogens (primary N) is 1. The van der Waals surface area contributed by atoms with Crippen molar-refractivity contribution in [3.8, 4) is 0 Å². The van der Waals surface area contributed by atoms with E-state index in [0.717, 1.165) is 18.5 Å². The quantitative estimate of drug-likeness (QED) is 0.593. The predicted octanol–water partition coefficient (Wildman–Crippen LogP) is 2.27. The molecule has 1 aromatic rings. The van der Waals surface area contributed by atoms with Crippen molar-refractivity contribution in [1.29, 1.82) is 0 Å². The van der Waals surface area contributed by atoms with E-state index in [1.54, 1.807) is 7.11 Å². The van der Waals surface area contributed by atoms with Gasteiger partial charge in [0.25, 0.3) is 0 Å². The Labute approximate surface area is 91.0 Å². The fourth-order valence-corrected chi connectivity index (χ4v) is 1.28. The van der Waals surface area contributed by atoms with Gasteiger partial charge in [-0.05, 0) is 18.1 Å². The van der Waals surface area contributed by atoms with Crippen molar-refractivity contribution in [3.63, 3.8) is 0 Å². The van der Waals surface area contributed by atoms with E-state index in [9.17, 15) is 0 Å². The molecule has 0 aliphatic heterocycles. The molecule has 0 fully saturated rings. The molecule has 0 unspecified atom stereocenters. The lowest BCUT2D eigenvalue weighted by molar-refractivity contribution is 0.202. The molecule has 0 amide bonds. The Morgan fingerprint density at radius 2 is 2.13 bits per heavy atom. The van der Waals surface area contributed by atoms with Crippen LogP contribution in [0.15, 0.2) is 29.3 Å². The van der Waals surface area contributed by atoms with Crippen molar-refractivity contribution in [2.45, 2.75) is 19.8 Å². The highest BCUT2D eigenvalue weighted by molar-refractivity contribution is 5.83. The van der Waals surface area contributed by atoms with Crippen LogP contribution in [-0.4, -0.2) is 19.6 Å². The van der Waals surface area contributed by atoms with Gasteiger partial charge in [-0.3, -0.25) is 0 Å². The highest BCUT2D eigenvalue weighted by atomic mass is 16.5. The Balaban J connectivity index is 2.86. The van der Waals surface area contributed by atoms with Crippen LogP contribution in [-0.2, 0) is 11.2 Å². The lowest BCUT2D eigenvalue weighted by Crippen LogP contribution is -2.09. The molecule has 0 spiro atoms. The molecule has 0 radical (unpaired) electrons. The van der Waals surface area contributed by atoms with Crippen molar-refractivity contribution < 1.29 is 4.74 Å². The smallest absolute Gasteiger partial charge is 0.0993 e. The van der Waals surface area contributed by atoms with Gasteiger partial charge in [-0.2, -0.15) is 0 Å². The standard InChI is InChI=1S/C12H18N2O/c1-3-12(13)14-11-7-5-4-6-10(11)8-9-15-2/h4-7H,3,8-9H2,1-2H3,(H2,13,14). The van der Waals surface area contributed by atoms with Crippen LogP contribution in [0, 0.1) is 0 Å². The average Bonchev–Trinajstić information content (AvgIpc) is 2.28. The SMILES string of the molecule is CCC(N)=Nc1ccccc1CCOC. The van der Waals surface area contributed by atoms with Gasteiger partial charge in [0.1, 0.15) is 0 Å². The minimum Gasteiger partial charge on any atom is -0.387 e. The number of ether oxygens (including phenoxy) is 1. The van der Waals surface area contributed by atoms with Gasteiger partial charge in [-0.1, -0.05) is 25.1 Å². The first-order valence-corrected chi connectivity index (χ1v) is 5.17. The Morgan fingerprint density at radius 3 is 2.80 bits per heavy atom. The van der Waals surface area contributed by atoms with Crippen molar-refractivity contribution in [2.24, 2.45) is 10.7 Å². The molecule has 0 bridgehead atoms. The molecule has 3 heteroatoms. The highest BCUT2D eigenvalue weighted by Gasteiger charge is 2.00. The van der Waals surface area contributed by atoms with E-state index < -0.39 is 0 Å². The monoisotopic (exact) mass is 206 g/mol. The number of hydrogen-bond donors (Lipinski definition) is 1. The molecule has 0 saturated carbocycles. The fraction of sp³-hybridized carbons (Fsp3) is 0.417. The van der Waals surface area contributed by atoms with Crippen molar-refractivity contribution >= 4 is 11.5 Å². The van der Waals surface area contributed by atoms with E-state index in [-0.39, 0.29) is 0 Å². The maximum Gasteiger partial charge on any atom is 0.0993 e. The molecule has 1 rings (SSSR count). The van der Waals surface area contributed by atoms with Gasteiger partial charge in [-0.25, -0.2) is 4.99 Å². The topological polar surface area (TPSA) is 47.6 Å². The van der Waals surface area contributed by atoms with Crippen LogP contribution in [0.4, 0.5) is 5.69 Å². The van der Waals surface area contributed by atoms with E-state index in [1.807, 2.05) is 25.1 Å². The zero-order valence-corrected chi connectivity index (χ0v) is 9.36. The van der Waals surface area contributed by atoms with E-state index in [1.165, 1.54) is 5.56 Å². The number of aliphatic imine (C=N–C) groups is 1. The highest BCUT2D eigenvalue weighted by Crippen LogP contribution is 2.19. The summed E-state index contributed by atoms with van der Waals surface area (Å²) in [6, 6.07) is 8.01. The molecular formula is C12H18N2O. The second kappa shape index (κ2) is 6.19. The van der Waals surface area contributed by atoms with E-state index >= 15 is 0 Å². The summed E-state index contributed by atoms with van der Waals surface area (Å²) in [6.07, 6.45) is 1.64. The van der Waals surface area contributed by atoms with Crippen molar-refractivity contribution in [3.05, 3.63) is 29.8 Å². The summed E-state index contributed by atoms with van der Waals surface area (Å²) >= 11 is 0. The molecule has 3 nitrogen and oxygen atoms in total. The summed E-state index contributed by atoms with van der Waals surface area (Å²) in [4.78, 5) is 4.37. The zero-order chi connectivity index (χ0) is 11.1. The molecular weight excluding hydrogens is 188 g/mol. The summed E-state index contributed by atoms with van der Waals surface area (Å²) in [5.74, 6) is 0.667. The van der Waals surface area contributed by atoms with Crippen LogP contribution in [0.1, 0.15) is 18.9 Å². The van der Waals surface area contributed by atoms with Crippen molar-refractivity contribution in [1.82, 2.24) is 0 Å². The van der Waals surface area contributed by atoms with Gasteiger partial charge in [0.15, 0.2) is 0 Å². The van der Waals surface area contributed by atoms with Gasteiger partial charge in [0.05, 0.1) is 18.1 Å². The maximum absolute atomic E-state index is 5.72. The van der Waals surface area contributed by atoms with E-state index in [0.29, 0.717) is 12.4 Å². The molecule has 15 heavy (non-hydrogen) atoms. The molecule has 0 aliphatic carbocycles. The van der Waals surface area contributed by atoms with Gasteiger partial charge < -0.3 is 10.5 Å². The third kappa shape index (κ3) is 3.72. The normalized spacial score (nSPS) is 11.7. The van der Waals surface area contributed by atoms with Crippen LogP contribution in [0.25, 0.3) is 0 Å². The average molecular weight is 206 g/mol. The Morgan fingerprint density at radius 1 is 1.40 bits per heavy atom. The molecule has 0 aromatic heterocycles. The molecule has 0 aliphatic rings. The molecule has 0 heterocycles. The first kappa shape index (κ1) is 11.7. The second-order valence-electron chi connectivity index (χ2n) is 3.33. The third-order valence-corrected chi connectivity index (χ3v) is 2.19. The van der Waals surface area contributed by atoms with Gasteiger partial charge >= 0.3 is 0 Å². The van der Waals surface area contributed by atoms with Crippen LogP contribution < -0.4 is 5.73 Å². The molecule has 82 valence electrons. The Kier molecular flexibility index (Phi) is 4.84. The van der Waals surface area contributed by atoms with Crippen LogP contribution >= 0.6 is 0 Å². The van der Waals surface area contributed by atoms with Crippen molar-refractivity contribution in [2.75, 3.05) is 13.7 Å². The Bertz CT molecular complexity index is 334. The second-order valence-corrected chi connectivity index (χ2v) is 3.33. The largest absolute Gasteiger partial charge is 0.387 e. The van der Waals surface area contributed by atoms with Gasteiger partial charge in [0, 0.05) is 13.5 Å². The Hall–Kier alpha value is -1.35. The first-order chi connectivity index (χ1) is 7.27. The summed E-state index contributed by atoms with van der Waals surface area (Å²) in [6.45, 7) is 2.70. The molecule has 2 N–H and O–H groups in total. The van der Waals surface area contributed by atoms with Gasteiger partial charge in [0.2, 0.25) is 0 Å². The number of nitrogens with zero attached hydrogens (tertiary/aromatic N) is 1. The maximum atomic E-state index is 5.72. The molecule has 0 saturated heterocycles. The first-order valence-electron chi connectivity index (χ1n) is 5.17.